The molecule has 2 aromatic carbocycles. The van der Waals surface area contributed by atoms with Crippen LogP contribution in [0.25, 0.3) is 0 Å². The Hall–Kier alpha value is -2.09. The highest BCUT2D eigenvalue weighted by Crippen LogP contribution is 2.33. The third-order valence-corrected chi connectivity index (χ3v) is 7.32. The molecule has 1 aromatic heterocycles. The summed E-state index contributed by atoms with van der Waals surface area (Å²) in [6.07, 6.45) is 3.37. The standard InChI is InChI=1S/C22H22ClFN4OS/c23-16-6-8-20(18(24)14-16)30-26-12-10-17(11-13-26)28-22(29)27-19(7-9-21(27)25-28)15-4-2-1-3-5-15/h1-6,8,14,17,19H,7,9-13H2. The number of aromatic nitrogens is 3. The van der Waals surface area contributed by atoms with Crippen molar-refractivity contribution in [3.05, 3.63) is 81.2 Å². The average molecular weight is 445 g/mol. The van der Waals surface area contributed by atoms with Crippen molar-refractivity contribution in [1.82, 2.24) is 18.7 Å². The molecule has 8 heteroatoms. The van der Waals surface area contributed by atoms with E-state index in [-0.39, 0.29) is 23.6 Å². The van der Waals surface area contributed by atoms with Crippen molar-refractivity contribution < 1.29 is 4.39 Å². The van der Waals surface area contributed by atoms with Gasteiger partial charge in [0, 0.05) is 24.5 Å². The van der Waals surface area contributed by atoms with Crippen molar-refractivity contribution in [2.45, 2.75) is 42.7 Å². The van der Waals surface area contributed by atoms with E-state index in [1.807, 2.05) is 22.8 Å². The number of halogens is 2. The summed E-state index contributed by atoms with van der Waals surface area (Å²) in [6.45, 7) is 1.54. The first-order valence-electron chi connectivity index (χ1n) is 10.2. The lowest BCUT2D eigenvalue weighted by Crippen LogP contribution is -2.36. The van der Waals surface area contributed by atoms with Crippen LogP contribution in [0.2, 0.25) is 5.02 Å². The summed E-state index contributed by atoms with van der Waals surface area (Å²) in [5.41, 5.74) is 1.15. The lowest BCUT2D eigenvalue weighted by atomic mass is 10.1. The fourth-order valence-electron chi connectivity index (χ4n) is 4.41. The summed E-state index contributed by atoms with van der Waals surface area (Å²) >= 11 is 7.25. The molecular weight excluding hydrogens is 423 g/mol. The molecule has 0 amide bonds. The minimum Gasteiger partial charge on any atom is -0.271 e. The molecule has 1 fully saturated rings. The van der Waals surface area contributed by atoms with E-state index in [2.05, 4.69) is 21.5 Å². The zero-order valence-corrected chi connectivity index (χ0v) is 17.9. The van der Waals surface area contributed by atoms with Gasteiger partial charge in [0.05, 0.1) is 17.0 Å². The fourth-order valence-corrected chi connectivity index (χ4v) is 5.52. The van der Waals surface area contributed by atoms with Crippen LogP contribution in [0.3, 0.4) is 0 Å². The fraction of sp³-hybridized carbons (Fsp3) is 0.364. The van der Waals surface area contributed by atoms with Crippen LogP contribution in [0.5, 0.6) is 0 Å². The molecular formula is C22H22ClFN4OS. The van der Waals surface area contributed by atoms with E-state index in [0.29, 0.717) is 9.92 Å². The smallest absolute Gasteiger partial charge is 0.271 e. The highest BCUT2D eigenvalue weighted by molar-refractivity contribution is 7.97. The third-order valence-electron chi connectivity index (χ3n) is 5.93. The first kappa shape index (κ1) is 19.8. The van der Waals surface area contributed by atoms with Gasteiger partial charge in [-0.2, -0.15) is 5.10 Å². The summed E-state index contributed by atoms with van der Waals surface area (Å²) in [5, 5.41) is 5.09. The Balaban J connectivity index is 1.29. The molecule has 2 aliphatic heterocycles. The number of hydrogen-bond donors (Lipinski definition) is 0. The van der Waals surface area contributed by atoms with Gasteiger partial charge in [0.1, 0.15) is 11.6 Å². The van der Waals surface area contributed by atoms with Gasteiger partial charge in [-0.15, -0.1) is 0 Å². The van der Waals surface area contributed by atoms with Crippen LogP contribution in [-0.2, 0) is 6.42 Å². The lowest BCUT2D eigenvalue weighted by Gasteiger charge is -2.30. The Morgan fingerprint density at radius 3 is 2.57 bits per heavy atom. The molecule has 0 N–H and O–H groups in total. The molecule has 3 aromatic rings. The zero-order valence-electron chi connectivity index (χ0n) is 16.4. The van der Waals surface area contributed by atoms with Gasteiger partial charge in [-0.1, -0.05) is 41.9 Å². The molecule has 0 spiro atoms. The van der Waals surface area contributed by atoms with Gasteiger partial charge in [0.25, 0.3) is 0 Å². The van der Waals surface area contributed by atoms with Crippen LogP contribution in [-0.4, -0.2) is 31.7 Å². The number of nitrogens with zero attached hydrogens (tertiary/aromatic N) is 4. The molecule has 0 aliphatic carbocycles. The van der Waals surface area contributed by atoms with E-state index in [1.165, 1.54) is 18.0 Å². The van der Waals surface area contributed by atoms with Gasteiger partial charge in [0.15, 0.2) is 0 Å². The molecule has 1 saturated heterocycles. The van der Waals surface area contributed by atoms with Gasteiger partial charge >= 0.3 is 5.69 Å². The van der Waals surface area contributed by atoms with Crippen LogP contribution in [0.4, 0.5) is 4.39 Å². The summed E-state index contributed by atoms with van der Waals surface area (Å²) in [5.74, 6) is 0.581. The predicted molar refractivity (Wildman–Crippen MR) is 117 cm³/mol. The Morgan fingerprint density at radius 1 is 1.07 bits per heavy atom. The minimum absolute atomic E-state index is 0.00815. The highest BCUT2D eigenvalue weighted by atomic mass is 35.5. The van der Waals surface area contributed by atoms with Crippen LogP contribution < -0.4 is 5.69 Å². The zero-order chi connectivity index (χ0) is 20.7. The molecule has 30 heavy (non-hydrogen) atoms. The first-order chi connectivity index (χ1) is 14.6. The topological polar surface area (TPSA) is 43.1 Å². The Bertz CT molecular complexity index is 1110. The number of fused-ring (bicyclic) bond motifs is 1. The second-order valence-corrected chi connectivity index (χ2v) is 9.38. The summed E-state index contributed by atoms with van der Waals surface area (Å²) in [7, 11) is 0. The maximum absolute atomic E-state index is 14.1. The molecule has 5 nitrogen and oxygen atoms in total. The normalized spacial score (nSPS) is 19.9. The van der Waals surface area contributed by atoms with Crippen LogP contribution in [0.1, 0.15) is 42.7 Å². The van der Waals surface area contributed by atoms with E-state index >= 15 is 0 Å². The molecule has 0 radical (unpaired) electrons. The Kier molecular flexibility index (Phi) is 5.43. The molecule has 2 aliphatic rings. The van der Waals surface area contributed by atoms with Gasteiger partial charge in [-0.05, 0) is 55.0 Å². The number of hydrogen-bond acceptors (Lipinski definition) is 4. The number of piperidine rings is 1. The Labute approximate surface area is 183 Å². The van der Waals surface area contributed by atoms with Crippen LogP contribution in [0, 0.1) is 5.82 Å². The van der Waals surface area contributed by atoms with Crippen molar-refractivity contribution in [3.63, 3.8) is 0 Å². The molecule has 0 bridgehead atoms. The van der Waals surface area contributed by atoms with Crippen molar-refractivity contribution in [1.29, 1.82) is 0 Å². The second kappa shape index (κ2) is 8.21. The second-order valence-electron chi connectivity index (χ2n) is 7.80. The first-order valence-corrected chi connectivity index (χ1v) is 11.4. The van der Waals surface area contributed by atoms with Gasteiger partial charge < -0.3 is 0 Å². The SMILES string of the molecule is O=c1n(C2CCN(Sc3ccc(Cl)cc3F)CC2)nc2n1C(c1ccccc1)CC2. The molecule has 156 valence electrons. The van der Waals surface area contributed by atoms with Gasteiger partial charge in [-0.25, -0.2) is 18.2 Å². The van der Waals surface area contributed by atoms with Gasteiger partial charge in [-0.3, -0.25) is 4.57 Å². The largest absolute Gasteiger partial charge is 0.346 e. The third kappa shape index (κ3) is 3.70. The number of benzene rings is 2. The van der Waals surface area contributed by atoms with Crippen molar-refractivity contribution in [2.75, 3.05) is 13.1 Å². The van der Waals surface area contributed by atoms with E-state index in [4.69, 9.17) is 11.6 Å². The van der Waals surface area contributed by atoms with Crippen molar-refractivity contribution >= 4 is 23.5 Å². The van der Waals surface area contributed by atoms with Crippen LogP contribution in [0.15, 0.2) is 58.2 Å². The molecule has 3 heterocycles. The summed E-state index contributed by atoms with van der Waals surface area (Å²) in [6, 6.07) is 15.1. The van der Waals surface area contributed by atoms with Gasteiger partial charge in [0.2, 0.25) is 0 Å². The average Bonchev–Trinajstić information content (AvgIpc) is 3.32. The molecule has 0 saturated carbocycles. The monoisotopic (exact) mass is 444 g/mol. The predicted octanol–water partition coefficient (Wildman–Crippen LogP) is 4.72. The van der Waals surface area contributed by atoms with E-state index in [1.54, 1.807) is 16.8 Å². The van der Waals surface area contributed by atoms with E-state index in [0.717, 1.165) is 50.2 Å². The highest BCUT2D eigenvalue weighted by Gasteiger charge is 2.32. The van der Waals surface area contributed by atoms with E-state index < -0.39 is 0 Å². The van der Waals surface area contributed by atoms with E-state index in [9.17, 15) is 9.18 Å². The Morgan fingerprint density at radius 2 is 1.83 bits per heavy atom. The number of aryl methyl sites for hydroxylation is 1. The maximum atomic E-state index is 14.1. The molecule has 1 atom stereocenters. The minimum atomic E-state index is -0.302. The lowest BCUT2D eigenvalue weighted by molar-refractivity contribution is 0.268. The maximum Gasteiger partial charge on any atom is 0.346 e. The molecule has 1 unspecified atom stereocenters. The molecule has 5 rings (SSSR count). The van der Waals surface area contributed by atoms with Crippen molar-refractivity contribution in [3.8, 4) is 0 Å². The summed E-state index contributed by atoms with van der Waals surface area (Å²) < 4.78 is 19.8. The number of rotatable bonds is 4. The van der Waals surface area contributed by atoms with Crippen molar-refractivity contribution in [2.24, 2.45) is 0 Å². The van der Waals surface area contributed by atoms with Crippen LogP contribution >= 0.6 is 23.5 Å². The summed E-state index contributed by atoms with van der Waals surface area (Å²) in [4.78, 5) is 13.7. The quantitative estimate of drug-likeness (QED) is 0.546.